The zero-order valence-electron chi connectivity index (χ0n) is 8.58. The number of hydrogen-bond donors (Lipinski definition) is 1. The van der Waals surface area contributed by atoms with Crippen LogP contribution in [0.4, 0.5) is 5.69 Å². The van der Waals surface area contributed by atoms with E-state index in [1.165, 1.54) is 7.11 Å². The minimum absolute atomic E-state index is 0.153. The molecule has 0 radical (unpaired) electrons. The number of hydrogen-bond acceptors (Lipinski definition) is 3. The maximum absolute atomic E-state index is 11.4. The Hall–Kier alpha value is -1.54. The molecule has 1 unspecified atom stereocenters. The molecule has 0 aromatic heterocycles. The molecule has 1 aliphatic rings. The lowest BCUT2D eigenvalue weighted by molar-refractivity contribution is -0.116. The summed E-state index contributed by atoms with van der Waals surface area (Å²) < 4.78 is 6.01. The minimum Gasteiger partial charge on any atom is -0.495 e. The SMILES string of the molecule is COc1cc(Br)cc2c1NC(=O)CC2C#N. The number of benzene rings is 1. The van der Waals surface area contributed by atoms with Crippen molar-refractivity contribution in [1.29, 1.82) is 5.26 Å². The zero-order chi connectivity index (χ0) is 11.7. The molecule has 1 aromatic rings. The van der Waals surface area contributed by atoms with Gasteiger partial charge in [-0.1, -0.05) is 15.9 Å². The molecule has 0 aliphatic carbocycles. The lowest BCUT2D eigenvalue weighted by Gasteiger charge is -2.23. The van der Waals surface area contributed by atoms with Crippen molar-refractivity contribution in [3.05, 3.63) is 22.2 Å². The molecule has 16 heavy (non-hydrogen) atoms. The molecule has 0 spiro atoms. The second kappa shape index (κ2) is 4.14. The first-order chi connectivity index (χ1) is 7.65. The van der Waals surface area contributed by atoms with Crippen LogP contribution in [0.15, 0.2) is 16.6 Å². The molecule has 1 atom stereocenters. The van der Waals surface area contributed by atoms with Gasteiger partial charge in [-0.25, -0.2) is 0 Å². The highest BCUT2D eigenvalue weighted by Crippen LogP contribution is 2.40. The van der Waals surface area contributed by atoms with Crippen LogP contribution in [0.3, 0.4) is 0 Å². The van der Waals surface area contributed by atoms with Crippen molar-refractivity contribution in [2.24, 2.45) is 0 Å². The van der Waals surface area contributed by atoms with E-state index in [4.69, 9.17) is 10.00 Å². The Balaban J connectivity index is 2.62. The van der Waals surface area contributed by atoms with E-state index >= 15 is 0 Å². The maximum Gasteiger partial charge on any atom is 0.226 e. The van der Waals surface area contributed by atoms with Crippen molar-refractivity contribution in [2.45, 2.75) is 12.3 Å². The van der Waals surface area contributed by atoms with Gasteiger partial charge in [-0.05, 0) is 17.7 Å². The molecular weight excluding hydrogens is 272 g/mol. The molecule has 1 aliphatic heterocycles. The first-order valence-electron chi connectivity index (χ1n) is 4.72. The summed E-state index contributed by atoms with van der Waals surface area (Å²) in [5, 5.41) is 11.8. The number of anilines is 1. The van der Waals surface area contributed by atoms with Crippen LogP contribution in [-0.2, 0) is 4.79 Å². The van der Waals surface area contributed by atoms with Crippen LogP contribution >= 0.6 is 15.9 Å². The molecule has 1 N–H and O–H groups in total. The van der Waals surface area contributed by atoms with Crippen molar-refractivity contribution < 1.29 is 9.53 Å². The molecule has 1 aromatic carbocycles. The van der Waals surface area contributed by atoms with E-state index in [0.717, 1.165) is 10.0 Å². The smallest absolute Gasteiger partial charge is 0.226 e. The van der Waals surface area contributed by atoms with Crippen molar-refractivity contribution in [1.82, 2.24) is 0 Å². The molecule has 0 saturated heterocycles. The molecule has 1 amide bonds. The average Bonchev–Trinajstić information content (AvgIpc) is 2.27. The van der Waals surface area contributed by atoms with Gasteiger partial charge in [0.2, 0.25) is 5.91 Å². The number of rotatable bonds is 1. The van der Waals surface area contributed by atoms with E-state index in [0.29, 0.717) is 11.4 Å². The second-order valence-corrected chi connectivity index (χ2v) is 4.42. The van der Waals surface area contributed by atoms with Gasteiger partial charge < -0.3 is 10.1 Å². The van der Waals surface area contributed by atoms with Crippen LogP contribution in [0.1, 0.15) is 17.9 Å². The summed E-state index contributed by atoms with van der Waals surface area (Å²) in [6.45, 7) is 0. The van der Waals surface area contributed by atoms with Gasteiger partial charge in [0.25, 0.3) is 0 Å². The third-order valence-corrected chi connectivity index (χ3v) is 2.96. The molecule has 1 heterocycles. The van der Waals surface area contributed by atoms with Gasteiger partial charge in [0, 0.05) is 10.9 Å². The first kappa shape index (κ1) is 11.0. The number of nitrogens with zero attached hydrogens (tertiary/aromatic N) is 1. The van der Waals surface area contributed by atoms with E-state index in [1.807, 2.05) is 6.07 Å². The lowest BCUT2D eigenvalue weighted by atomic mass is 9.91. The summed E-state index contributed by atoms with van der Waals surface area (Å²) >= 11 is 3.35. The number of ether oxygens (including phenoxy) is 1. The van der Waals surface area contributed by atoms with Crippen LogP contribution in [-0.4, -0.2) is 13.0 Å². The molecule has 4 nitrogen and oxygen atoms in total. The normalized spacial score (nSPS) is 18.3. The maximum atomic E-state index is 11.4. The number of nitrogens with one attached hydrogen (secondary N) is 1. The number of halogens is 1. The second-order valence-electron chi connectivity index (χ2n) is 3.51. The summed E-state index contributed by atoms with van der Waals surface area (Å²) in [5.41, 5.74) is 1.40. The van der Waals surface area contributed by atoms with Crippen molar-refractivity contribution >= 4 is 27.5 Å². The van der Waals surface area contributed by atoms with E-state index in [1.54, 1.807) is 6.07 Å². The quantitative estimate of drug-likeness (QED) is 0.859. The topological polar surface area (TPSA) is 62.1 Å². The third kappa shape index (κ3) is 1.76. The minimum atomic E-state index is -0.407. The van der Waals surface area contributed by atoms with Crippen LogP contribution in [0, 0.1) is 11.3 Å². The highest BCUT2D eigenvalue weighted by Gasteiger charge is 2.27. The van der Waals surface area contributed by atoms with Gasteiger partial charge in [0.05, 0.1) is 24.8 Å². The molecule has 2 rings (SSSR count). The Kier molecular flexibility index (Phi) is 2.84. The van der Waals surface area contributed by atoms with Gasteiger partial charge in [0.15, 0.2) is 0 Å². The fourth-order valence-corrected chi connectivity index (χ4v) is 2.23. The van der Waals surface area contributed by atoms with E-state index in [9.17, 15) is 4.79 Å². The van der Waals surface area contributed by atoms with Crippen LogP contribution in [0.5, 0.6) is 5.75 Å². The summed E-state index contributed by atoms with van der Waals surface area (Å²) in [4.78, 5) is 11.4. The Labute approximate surface area is 101 Å². The summed E-state index contributed by atoms with van der Waals surface area (Å²) in [6.07, 6.45) is 0.198. The van der Waals surface area contributed by atoms with Crippen molar-refractivity contribution in [2.75, 3.05) is 12.4 Å². The molecule has 82 valence electrons. The third-order valence-electron chi connectivity index (χ3n) is 2.50. The van der Waals surface area contributed by atoms with E-state index in [2.05, 4.69) is 27.3 Å². The number of carbonyl (C=O) groups is 1. The standard InChI is InChI=1S/C11H9BrN2O2/c1-16-9-4-7(12)3-8-6(5-13)2-10(15)14-11(8)9/h3-4,6H,2H2,1H3,(H,14,15). The van der Waals surface area contributed by atoms with Crippen LogP contribution < -0.4 is 10.1 Å². The molecule has 0 saturated carbocycles. The largest absolute Gasteiger partial charge is 0.495 e. The predicted octanol–water partition coefficient (Wildman–Crippen LogP) is 2.41. The average molecular weight is 281 g/mol. The molecular formula is C11H9BrN2O2. The summed E-state index contributed by atoms with van der Waals surface area (Å²) in [5.74, 6) is 0.00694. The summed E-state index contributed by atoms with van der Waals surface area (Å²) in [6, 6.07) is 5.73. The van der Waals surface area contributed by atoms with Crippen molar-refractivity contribution in [3.8, 4) is 11.8 Å². The van der Waals surface area contributed by atoms with E-state index in [-0.39, 0.29) is 12.3 Å². The molecule has 0 bridgehead atoms. The van der Waals surface area contributed by atoms with Crippen molar-refractivity contribution in [3.63, 3.8) is 0 Å². The summed E-state index contributed by atoms with van der Waals surface area (Å²) in [7, 11) is 1.53. The predicted molar refractivity (Wildman–Crippen MR) is 62.3 cm³/mol. The Bertz CT molecular complexity index is 493. The van der Waals surface area contributed by atoms with Crippen LogP contribution in [0.2, 0.25) is 0 Å². The number of nitriles is 1. The van der Waals surface area contributed by atoms with Gasteiger partial charge >= 0.3 is 0 Å². The number of amides is 1. The monoisotopic (exact) mass is 280 g/mol. The molecule has 0 fully saturated rings. The fourth-order valence-electron chi connectivity index (χ4n) is 1.77. The van der Waals surface area contributed by atoms with Crippen LogP contribution in [0.25, 0.3) is 0 Å². The lowest BCUT2D eigenvalue weighted by Crippen LogP contribution is -2.22. The van der Waals surface area contributed by atoms with Gasteiger partial charge in [-0.2, -0.15) is 5.26 Å². The zero-order valence-corrected chi connectivity index (χ0v) is 10.2. The highest BCUT2D eigenvalue weighted by atomic mass is 79.9. The fraction of sp³-hybridized carbons (Fsp3) is 0.273. The number of carbonyl (C=O) groups excluding carboxylic acids is 1. The Morgan fingerprint density at radius 2 is 2.38 bits per heavy atom. The molecule has 5 heteroatoms. The number of methoxy groups -OCH3 is 1. The Morgan fingerprint density at radius 3 is 3.00 bits per heavy atom. The van der Waals surface area contributed by atoms with Gasteiger partial charge in [-0.3, -0.25) is 4.79 Å². The number of fused-ring (bicyclic) bond motifs is 1. The Morgan fingerprint density at radius 1 is 1.62 bits per heavy atom. The first-order valence-corrected chi connectivity index (χ1v) is 5.52. The van der Waals surface area contributed by atoms with Gasteiger partial charge in [-0.15, -0.1) is 0 Å². The van der Waals surface area contributed by atoms with Gasteiger partial charge in [0.1, 0.15) is 5.75 Å². The highest BCUT2D eigenvalue weighted by molar-refractivity contribution is 9.10. The van der Waals surface area contributed by atoms with E-state index < -0.39 is 5.92 Å².